The quantitative estimate of drug-likeness (QED) is 0.750. The molecule has 2 unspecified atom stereocenters. The van der Waals surface area contributed by atoms with Gasteiger partial charge in [0.1, 0.15) is 17.2 Å². The fourth-order valence-corrected chi connectivity index (χ4v) is 3.17. The molecule has 2 atom stereocenters. The Morgan fingerprint density at radius 1 is 1.58 bits per heavy atom. The fourth-order valence-electron chi connectivity index (χ4n) is 1.87. The van der Waals surface area contributed by atoms with E-state index in [2.05, 4.69) is 9.88 Å². The van der Waals surface area contributed by atoms with E-state index in [1.807, 2.05) is 0 Å². The van der Waals surface area contributed by atoms with E-state index >= 15 is 0 Å². The molecule has 0 aromatic carbocycles. The Kier molecular flexibility index (Phi) is 3.88. The second-order valence-electron chi connectivity index (χ2n) is 4.39. The first-order chi connectivity index (χ1) is 8.87. The minimum atomic E-state index is -3.69. The van der Waals surface area contributed by atoms with Gasteiger partial charge < -0.3 is 14.4 Å². The third kappa shape index (κ3) is 3.52. The first-order valence-corrected chi connectivity index (χ1v) is 7.25. The van der Waals surface area contributed by atoms with Crippen LogP contribution in [0.3, 0.4) is 0 Å². The molecule has 2 rings (SSSR count). The highest BCUT2D eigenvalue weighted by Gasteiger charge is 2.36. The number of carboxylic acid groups (broad SMARTS) is 1. The molecule has 0 amide bonds. The number of carboxylic acids is 1. The van der Waals surface area contributed by atoms with Gasteiger partial charge in [-0.15, -0.1) is 0 Å². The number of hydrogen-bond acceptors (Lipinski definition) is 6. The van der Waals surface area contributed by atoms with E-state index in [-0.39, 0.29) is 24.7 Å². The molecule has 1 aliphatic heterocycles. The van der Waals surface area contributed by atoms with Crippen LogP contribution in [0.5, 0.6) is 0 Å². The molecule has 0 saturated carbocycles. The number of aryl methyl sites for hydroxylation is 1. The van der Waals surface area contributed by atoms with Crippen LogP contribution >= 0.6 is 0 Å². The largest absolute Gasteiger partial charge is 0.481 e. The van der Waals surface area contributed by atoms with Crippen LogP contribution in [0.2, 0.25) is 0 Å². The molecule has 0 spiro atoms. The van der Waals surface area contributed by atoms with Gasteiger partial charge in [0.05, 0.1) is 25.2 Å². The van der Waals surface area contributed by atoms with Crippen LogP contribution in [0.4, 0.5) is 0 Å². The van der Waals surface area contributed by atoms with Crippen molar-refractivity contribution in [2.24, 2.45) is 5.92 Å². The van der Waals surface area contributed by atoms with E-state index < -0.39 is 28.0 Å². The number of aliphatic carboxylic acids is 1. The number of hydrogen-bond donors (Lipinski definition) is 2. The molecule has 2 heterocycles. The molecule has 1 saturated heterocycles. The number of nitrogens with zero attached hydrogens (tertiary/aromatic N) is 1. The minimum Gasteiger partial charge on any atom is -0.481 e. The van der Waals surface area contributed by atoms with Crippen molar-refractivity contribution < 1.29 is 27.6 Å². The van der Waals surface area contributed by atoms with Gasteiger partial charge in [0.25, 0.3) is 0 Å². The topological polar surface area (TPSA) is 119 Å². The van der Waals surface area contributed by atoms with Gasteiger partial charge in [0.2, 0.25) is 10.0 Å². The van der Waals surface area contributed by atoms with Gasteiger partial charge >= 0.3 is 5.97 Å². The molecular formula is C10H14N2O6S. The average molecular weight is 290 g/mol. The summed E-state index contributed by atoms with van der Waals surface area (Å²) in [6.07, 6.45) is 0. The number of sulfonamides is 1. The van der Waals surface area contributed by atoms with Crippen molar-refractivity contribution in [3.8, 4) is 0 Å². The van der Waals surface area contributed by atoms with Crippen molar-refractivity contribution >= 4 is 16.0 Å². The summed E-state index contributed by atoms with van der Waals surface area (Å²) < 4.78 is 35.9. The van der Waals surface area contributed by atoms with E-state index in [4.69, 9.17) is 14.4 Å². The molecule has 19 heavy (non-hydrogen) atoms. The van der Waals surface area contributed by atoms with Crippen LogP contribution < -0.4 is 4.72 Å². The van der Waals surface area contributed by atoms with Crippen LogP contribution in [0.15, 0.2) is 10.6 Å². The molecule has 1 aromatic heterocycles. The standard InChI is InChI=1S/C10H14N2O6S/c1-6-2-7(11-18-6)5-19(15,16)12-9-4-17-3-8(9)10(13)14/h2,8-9,12H,3-5H2,1H3,(H,13,14). The van der Waals surface area contributed by atoms with Gasteiger partial charge in [-0.05, 0) is 6.92 Å². The van der Waals surface area contributed by atoms with Crippen molar-refractivity contribution in [3.63, 3.8) is 0 Å². The van der Waals surface area contributed by atoms with Crippen molar-refractivity contribution in [1.29, 1.82) is 0 Å². The zero-order valence-corrected chi connectivity index (χ0v) is 11.0. The number of aromatic nitrogens is 1. The second kappa shape index (κ2) is 5.27. The summed E-state index contributed by atoms with van der Waals surface area (Å²) in [5.41, 5.74) is 0.274. The van der Waals surface area contributed by atoms with Gasteiger partial charge in [-0.2, -0.15) is 0 Å². The second-order valence-corrected chi connectivity index (χ2v) is 6.15. The van der Waals surface area contributed by atoms with Crippen LogP contribution in [0.1, 0.15) is 11.5 Å². The molecule has 9 heteroatoms. The summed E-state index contributed by atoms with van der Waals surface area (Å²) >= 11 is 0. The number of carbonyl (C=O) groups is 1. The summed E-state index contributed by atoms with van der Waals surface area (Å²) in [5.74, 6) is -1.79. The smallest absolute Gasteiger partial charge is 0.310 e. The van der Waals surface area contributed by atoms with Gasteiger partial charge in [-0.1, -0.05) is 5.16 Å². The molecule has 1 aromatic rings. The Labute approximate surface area is 109 Å². The van der Waals surface area contributed by atoms with E-state index in [1.165, 1.54) is 6.07 Å². The Balaban J connectivity index is 2.03. The van der Waals surface area contributed by atoms with Crippen LogP contribution in [-0.4, -0.2) is 43.9 Å². The molecule has 8 nitrogen and oxygen atoms in total. The molecule has 106 valence electrons. The third-order valence-corrected chi connectivity index (χ3v) is 4.08. The lowest BCUT2D eigenvalue weighted by Crippen LogP contribution is -2.43. The van der Waals surface area contributed by atoms with Gasteiger partial charge in [-0.25, -0.2) is 13.1 Å². The maximum Gasteiger partial charge on any atom is 0.310 e. The summed E-state index contributed by atoms with van der Waals surface area (Å²) in [7, 11) is -3.69. The molecule has 0 radical (unpaired) electrons. The monoisotopic (exact) mass is 290 g/mol. The number of rotatable bonds is 5. The molecule has 2 N–H and O–H groups in total. The highest BCUT2D eigenvalue weighted by atomic mass is 32.2. The summed E-state index contributed by atoms with van der Waals surface area (Å²) in [5, 5.41) is 12.5. The van der Waals surface area contributed by atoms with Gasteiger partial charge in [0.15, 0.2) is 0 Å². The Bertz CT molecular complexity index is 566. The summed E-state index contributed by atoms with van der Waals surface area (Å²) in [4.78, 5) is 10.9. The Hall–Kier alpha value is -1.45. The van der Waals surface area contributed by atoms with Gasteiger partial charge in [-0.3, -0.25) is 4.79 Å². The summed E-state index contributed by atoms with van der Waals surface area (Å²) in [6, 6.07) is 0.759. The van der Waals surface area contributed by atoms with E-state index in [9.17, 15) is 13.2 Å². The van der Waals surface area contributed by atoms with E-state index in [0.717, 1.165) is 0 Å². The van der Waals surface area contributed by atoms with Crippen molar-refractivity contribution in [3.05, 3.63) is 17.5 Å². The lowest BCUT2D eigenvalue weighted by atomic mass is 10.1. The predicted molar refractivity (Wildman–Crippen MR) is 62.7 cm³/mol. The third-order valence-electron chi connectivity index (χ3n) is 2.74. The minimum absolute atomic E-state index is 0.00554. The maximum atomic E-state index is 11.9. The zero-order valence-electron chi connectivity index (χ0n) is 10.2. The van der Waals surface area contributed by atoms with Crippen molar-refractivity contribution in [2.75, 3.05) is 13.2 Å². The number of ether oxygens (including phenoxy) is 1. The Morgan fingerprint density at radius 2 is 2.32 bits per heavy atom. The van der Waals surface area contributed by atoms with Gasteiger partial charge in [0, 0.05) is 6.07 Å². The highest BCUT2D eigenvalue weighted by Crippen LogP contribution is 2.16. The normalized spacial score (nSPS) is 23.6. The molecule has 0 aliphatic carbocycles. The molecule has 0 bridgehead atoms. The van der Waals surface area contributed by atoms with Crippen LogP contribution in [0, 0.1) is 12.8 Å². The van der Waals surface area contributed by atoms with Crippen molar-refractivity contribution in [1.82, 2.24) is 9.88 Å². The predicted octanol–water partition coefficient (Wildman–Crippen LogP) is -0.498. The molecule has 1 aliphatic rings. The molecular weight excluding hydrogens is 276 g/mol. The SMILES string of the molecule is Cc1cc(CS(=O)(=O)NC2COCC2C(=O)O)no1. The zero-order chi connectivity index (χ0) is 14.0. The average Bonchev–Trinajstić information content (AvgIpc) is 2.86. The first kappa shape index (κ1) is 14.0. The number of nitrogens with one attached hydrogen (secondary N) is 1. The van der Waals surface area contributed by atoms with Crippen molar-refractivity contribution in [2.45, 2.75) is 18.7 Å². The molecule has 1 fully saturated rings. The maximum absolute atomic E-state index is 11.9. The highest BCUT2D eigenvalue weighted by molar-refractivity contribution is 7.88. The lowest BCUT2D eigenvalue weighted by molar-refractivity contribution is -0.142. The first-order valence-electron chi connectivity index (χ1n) is 5.60. The summed E-state index contributed by atoms with van der Waals surface area (Å²) in [6.45, 7) is 1.71. The van der Waals surface area contributed by atoms with E-state index in [0.29, 0.717) is 5.76 Å². The van der Waals surface area contributed by atoms with Crippen LogP contribution in [0.25, 0.3) is 0 Å². The fraction of sp³-hybridized carbons (Fsp3) is 0.600. The Morgan fingerprint density at radius 3 is 2.89 bits per heavy atom. The van der Waals surface area contributed by atoms with E-state index in [1.54, 1.807) is 6.92 Å². The lowest BCUT2D eigenvalue weighted by Gasteiger charge is -2.15. The van der Waals surface area contributed by atoms with Crippen LogP contribution in [-0.2, 0) is 25.3 Å².